The predicted molar refractivity (Wildman–Crippen MR) is 88.6 cm³/mol. The molecule has 0 aliphatic carbocycles. The van der Waals surface area contributed by atoms with Gasteiger partial charge < -0.3 is 5.32 Å². The van der Waals surface area contributed by atoms with Crippen LogP contribution in [0.4, 0.5) is 0 Å². The Hall–Kier alpha value is -0.900. The Labute approximate surface area is 129 Å². The molecule has 0 amide bonds. The van der Waals surface area contributed by atoms with Crippen molar-refractivity contribution < 1.29 is 0 Å². The molecule has 0 spiro atoms. The summed E-state index contributed by atoms with van der Waals surface area (Å²) in [6, 6.07) is 10.3. The van der Waals surface area contributed by atoms with Crippen molar-refractivity contribution in [3.8, 4) is 0 Å². The fourth-order valence-electron chi connectivity index (χ4n) is 3.90. The number of rotatable bonds is 5. The maximum atomic E-state index is 3.68. The second kappa shape index (κ2) is 6.91. The molecular formula is C18H29N3. The van der Waals surface area contributed by atoms with Gasteiger partial charge in [-0.2, -0.15) is 0 Å². The summed E-state index contributed by atoms with van der Waals surface area (Å²) in [6.07, 6.45) is 2.79. The van der Waals surface area contributed by atoms with E-state index in [1.54, 1.807) is 0 Å². The summed E-state index contributed by atoms with van der Waals surface area (Å²) in [5, 5.41) is 3.68. The van der Waals surface area contributed by atoms with E-state index in [0.717, 1.165) is 19.1 Å². The molecule has 0 bridgehead atoms. The van der Waals surface area contributed by atoms with Gasteiger partial charge >= 0.3 is 0 Å². The standard InChI is InChI=1S/C18H29N3/c1-3-19-18(16-7-4-6-15(2)12-16)14-20-10-11-21-9-5-8-17(21)13-20/h4,6-7,12,17-19H,3,5,8-11,13-14H2,1-2H3. The molecule has 2 aliphatic heterocycles. The van der Waals surface area contributed by atoms with Crippen LogP contribution in [-0.2, 0) is 0 Å². The van der Waals surface area contributed by atoms with E-state index in [-0.39, 0.29) is 0 Å². The molecule has 1 aromatic carbocycles. The minimum absolute atomic E-state index is 0.461. The van der Waals surface area contributed by atoms with E-state index in [2.05, 4.69) is 53.2 Å². The third-order valence-corrected chi connectivity index (χ3v) is 5.01. The Balaban J connectivity index is 1.65. The first-order chi connectivity index (χ1) is 10.3. The Morgan fingerprint density at radius 1 is 1.29 bits per heavy atom. The van der Waals surface area contributed by atoms with E-state index in [0.29, 0.717) is 6.04 Å². The molecule has 1 aromatic rings. The lowest BCUT2D eigenvalue weighted by atomic mass is 10.0. The van der Waals surface area contributed by atoms with Crippen LogP contribution in [0.5, 0.6) is 0 Å². The molecular weight excluding hydrogens is 258 g/mol. The van der Waals surface area contributed by atoms with Crippen molar-refractivity contribution in [1.82, 2.24) is 15.1 Å². The predicted octanol–water partition coefficient (Wildman–Crippen LogP) is 2.43. The van der Waals surface area contributed by atoms with E-state index >= 15 is 0 Å². The molecule has 0 saturated carbocycles. The monoisotopic (exact) mass is 287 g/mol. The largest absolute Gasteiger partial charge is 0.309 e. The number of likely N-dealkylation sites (N-methyl/N-ethyl adjacent to an activating group) is 1. The van der Waals surface area contributed by atoms with Crippen LogP contribution in [0, 0.1) is 6.92 Å². The number of aryl methyl sites for hydroxylation is 1. The quantitative estimate of drug-likeness (QED) is 0.897. The van der Waals surface area contributed by atoms with Crippen molar-refractivity contribution in [2.45, 2.75) is 38.8 Å². The van der Waals surface area contributed by atoms with E-state index in [4.69, 9.17) is 0 Å². The molecule has 3 rings (SSSR count). The first-order valence-corrected chi connectivity index (χ1v) is 8.52. The van der Waals surface area contributed by atoms with Crippen LogP contribution in [0.15, 0.2) is 24.3 Å². The van der Waals surface area contributed by atoms with Crippen LogP contribution in [0.1, 0.15) is 36.9 Å². The van der Waals surface area contributed by atoms with E-state index in [1.165, 1.54) is 50.1 Å². The summed E-state index contributed by atoms with van der Waals surface area (Å²) >= 11 is 0. The summed E-state index contributed by atoms with van der Waals surface area (Å²) < 4.78 is 0. The third kappa shape index (κ3) is 3.65. The number of hydrogen-bond donors (Lipinski definition) is 1. The molecule has 0 radical (unpaired) electrons. The summed E-state index contributed by atoms with van der Waals surface area (Å²) in [7, 11) is 0. The maximum Gasteiger partial charge on any atom is 0.0449 e. The van der Waals surface area contributed by atoms with Crippen molar-refractivity contribution in [2.75, 3.05) is 39.3 Å². The fraction of sp³-hybridized carbons (Fsp3) is 0.667. The lowest BCUT2D eigenvalue weighted by molar-refractivity contribution is 0.0965. The number of fused-ring (bicyclic) bond motifs is 1. The Morgan fingerprint density at radius 3 is 3.00 bits per heavy atom. The molecule has 3 heteroatoms. The van der Waals surface area contributed by atoms with Gasteiger partial charge in [0.05, 0.1) is 0 Å². The summed E-state index contributed by atoms with van der Waals surface area (Å²) in [5.74, 6) is 0. The molecule has 2 fully saturated rings. The molecule has 2 saturated heterocycles. The zero-order chi connectivity index (χ0) is 14.7. The van der Waals surface area contributed by atoms with Gasteiger partial charge in [0, 0.05) is 38.3 Å². The van der Waals surface area contributed by atoms with Crippen molar-refractivity contribution in [1.29, 1.82) is 0 Å². The molecule has 2 heterocycles. The number of nitrogens with one attached hydrogen (secondary N) is 1. The van der Waals surface area contributed by atoms with Gasteiger partial charge in [-0.25, -0.2) is 0 Å². The molecule has 2 atom stereocenters. The van der Waals surface area contributed by atoms with Crippen LogP contribution in [0.3, 0.4) is 0 Å². The first kappa shape index (κ1) is 15.0. The van der Waals surface area contributed by atoms with Gasteiger partial charge in [-0.15, -0.1) is 0 Å². The molecule has 21 heavy (non-hydrogen) atoms. The maximum absolute atomic E-state index is 3.68. The Morgan fingerprint density at radius 2 is 2.19 bits per heavy atom. The molecule has 0 aromatic heterocycles. The highest BCUT2D eigenvalue weighted by atomic mass is 15.3. The molecule has 3 nitrogen and oxygen atoms in total. The van der Waals surface area contributed by atoms with Crippen molar-refractivity contribution in [3.63, 3.8) is 0 Å². The summed E-state index contributed by atoms with van der Waals surface area (Å²) in [4.78, 5) is 5.35. The van der Waals surface area contributed by atoms with Crippen molar-refractivity contribution in [3.05, 3.63) is 35.4 Å². The minimum Gasteiger partial charge on any atom is -0.309 e. The molecule has 2 unspecified atom stereocenters. The molecule has 1 N–H and O–H groups in total. The zero-order valence-corrected chi connectivity index (χ0v) is 13.5. The number of piperazine rings is 1. The zero-order valence-electron chi connectivity index (χ0n) is 13.5. The third-order valence-electron chi connectivity index (χ3n) is 5.01. The van der Waals surface area contributed by atoms with Crippen LogP contribution >= 0.6 is 0 Å². The summed E-state index contributed by atoms with van der Waals surface area (Å²) in [6.45, 7) is 11.6. The highest BCUT2D eigenvalue weighted by molar-refractivity contribution is 5.25. The van der Waals surface area contributed by atoms with Crippen LogP contribution in [0.25, 0.3) is 0 Å². The van der Waals surface area contributed by atoms with Gasteiger partial charge in [0.25, 0.3) is 0 Å². The van der Waals surface area contributed by atoms with E-state index in [1.807, 2.05) is 0 Å². The van der Waals surface area contributed by atoms with Gasteiger partial charge in [0.15, 0.2) is 0 Å². The van der Waals surface area contributed by atoms with Gasteiger partial charge in [-0.05, 0) is 38.4 Å². The van der Waals surface area contributed by atoms with Gasteiger partial charge in [-0.1, -0.05) is 36.8 Å². The van der Waals surface area contributed by atoms with Crippen LogP contribution in [-0.4, -0.2) is 55.1 Å². The van der Waals surface area contributed by atoms with E-state index < -0.39 is 0 Å². The lowest BCUT2D eigenvalue weighted by Crippen LogP contribution is -2.51. The van der Waals surface area contributed by atoms with Gasteiger partial charge in [-0.3, -0.25) is 9.80 Å². The topological polar surface area (TPSA) is 18.5 Å². The Kier molecular flexibility index (Phi) is 4.94. The SMILES string of the molecule is CCNC(CN1CCN2CCCC2C1)c1cccc(C)c1. The number of hydrogen-bond acceptors (Lipinski definition) is 3. The average molecular weight is 287 g/mol. The number of nitrogens with zero attached hydrogens (tertiary/aromatic N) is 2. The normalized spacial score (nSPS) is 25.0. The smallest absolute Gasteiger partial charge is 0.0449 e. The van der Waals surface area contributed by atoms with Gasteiger partial charge in [0.2, 0.25) is 0 Å². The second-order valence-corrected chi connectivity index (χ2v) is 6.62. The highest BCUT2D eigenvalue weighted by Gasteiger charge is 2.31. The van der Waals surface area contributed by atoms with E-state index in [9.17, 15) is 0 Å². The summed E-state index contributed by atoms with van der Waals surface area (Å²) in [5.41, 5.74) is 2.79. The highest BCUT2D eigenvalue weighted by Crippen LogP contribution is 2.23. The van der Waals surface area contributed by atoms with Gasteiger partial charge in [0.1, 0.15) is 0 Å². The van der Waals surface area contributed by atoms with Crippen LogP contribution < -0.4 is 5.32 Å². The minimum atomic E-state index is 0.461. The van der Waals surface area contributed by atoms with Crippen LogP contribution in [0.2, 0.25) is 0 Å². The average Bonchev–Trinajstić information content (AvgIpc) is 2.94. The molecule has 116 valence electrons. The second-order valence-electron chi connectivity index (χ2n) is 6.62. The van der Waals surface area contributed by atoms with Crippen molar-refractivity contribution >= 4 is 0 Å². The molecule has 2 aliphatic rings. The fourth-order valence-corrected chi connectivity index (χ4v) is 3.90. The lowest BCUT2D eigenvalue weighted by Gasteiger charge is -2.39. The first-order valence-electron chi connectivity index (χ1n) is 8.52. The Bertz CT molecular complexity index is 460. The number of benzene rings is 1. The van der Waals surface area contributed by atoms with Crippen molar-refractivity contribution in [2.24, 2.45) is 0 Å².